The van der Waals surface area contributed by atoms with E-state index in [1.54, 1.807) is 12.1 Å². The summed E-state index contributed by atoms with van der Waals surface area (Å²) in [5.74, 6) is 0. The summed E-state index contributed by atoms with van der Waals surface area (Å²) >= 11 is 0. The van der Waals surface area contributed by atoms with Crippen molar-refractivity contribution < 1.29 is 23.6 Å². The van der Waals surface area contributed by atoms with Gasteiger partial charge in [-0.2, -0.15) is 8.42 Å². The van der Waals surface area contributed by atoms with Gasteiger partial charge in [-0.05, 0) is 25.5 Å². The van der Waals surface area contributed by atoms with Crippen molar-refractivity contribution in [3.8, 4) is 0 Å². The summed E-state index contributed by atoms with van der Waals surface area (Å²) in [6.07, 6.45) is 16.2. The molecule has 0 aliphatic rings. The van der Waals surface area contributed by atoms with Gasteiger partial charge < -0.3 is 10.6 Å². The highest BCUT2D eigenvalue weighted by Gasteiger charge is 2.06. The minimum Gasteiger partial charge on any atom is -0.412 e. The highest BCUT2D eigenvalue weighted by Crippen LogP contribution is 2.11. The third-order valence-electron chi connectivity index (χ3n) is 4.33. The predicted molar refractivity (Wildman–Crippen MR) is 113 cm³/mol. The lowest BCUT2D eigenvalue weighted by Crippen LogP contribution is -1.96. The molecule has 0 aliphatic heterocycles. The minimum absolute atomic E-state index is 0. The van der Waals surface area contributed by atoms with E-state index in [1.165, 1.54) is 82.8 Å². The maximum absolute atomic E-state index is 10.5. The Kier molecular flexibility index (Phi) is 19.3. The number of aliphatic hydroxyl groups is 1. The van der Waals surface area contributed by atoms with Crippen LogP contribution < -0.4 is 0 Å². The van der Waals surface area contributed by atoms with Gasteiger partial charge in [0.25, 0.3) is 10.1 Å². The highest BCUT2D eigenvalue weighted by atomic mass is 32.2. The molecule has 4 N–H and O–H groups in total. The number of hydrogen-bond donors (Lipinski definition) is 2. The fourth-order valence-electron chi connectivity index (χ4n) is 2.66. The first-order valence-electron chi connectivity index (χ1n) is 10.1. The van der Waals surface area contributed by atoms with Crippen molar-refractivity contribution in [3.05, 3.63) is 29.8 Å². The van der Waals surface area contributed by atoms with Crippen LogP contribution in [0.4, 0.5) is 0 Å². The van der Waals surface area contributed by atoms with Crippen molar-refractivity contribution >= 4 is 10.1 Å². The monoisotopic (exact) mass is 404 g/mol. The largest absolute Gasteiger partial charge is 0.412 e. The second-order valence-electron chi connectivity index (χ2n) is 6.90. The van der Waals surface area contributed by atoms with Crippen LogP contribution in [0.3, 0.4) is 0 Å². The molecule has 0 radical (unpaired) electrons. The SMILES string of the molecule is CCCCCCCCCCCCCCO.Cc1ccc(S(=O)(=O)O)cc1.O. The molecule has 1 aromatic carbocycles. The molecule has 6 heteroatoms. The Morgan fingerprint density at radius 2 is 1.11 bits per heavy atom. The maximum Gasteiger partial charge on any atom is 0.294 e. The number of benzene rings is 1. The normalized spacial score (nSPS) is 10.7. The van der Waals surface area contributed by atoms with Crippen LogP contribution in [0.15, 0.2) is 29.2 Å². The average Bonchev–Trinajstić information content (AvgIpc) is 2.60. The molecule has 5 nitrogen and oxygen atoms in total. The summed E-state index contributed by atoms with van der Waals surface area (Å²) < 4.78 is 29.6. The molecule has 0 amide bonds. The first kappa shape index (κ1) is 28.3. The van der Waals surface area contributed by atoms with Crippen molar-refractivity contribution in [2.45, 2.75) is 95.8 Å². The van der Waals surface area contributed by atoms with E-state index in [9.17, 15) is 8.42 Å². The van der Waals surface area contributed by atoms with Crippen molar-refractivity contribution in [2.75, 3.05) is 6.61 Å². The zero-order chi connectivity index (χ0) is 19.7. The summed E-state index contributed by atoms with van der Waals surface area (Å²) in [5, 5.41) is 8.61. The van der Waals surface area contributed by atoms with E-state index in [0.717, 1.165) is 12.0 Å². The van der Waals surface area contributed by atoms with E-state index in [0.29, 0.717) is 6.61 Å². The highest BCUT2D eigenvalue weighted by molar-refractivity contribution is 7.85. The van der Waals surface area contributed by atoms with Crippen molar-refractivity contribution in [1.82, 2.24) is 0 Å². The fourth-order valence-corrected chi connectivity index (χ4v) is 3.14. The van der Waals surface area contributed by atoms with Crippen LogP contribution >= 0.6 is 0 Å². The lowest BCUT2D eigenvalue weighted by Gasteiger charge is -2.01. The molecule has 0 saturated carbocycles. The first-order chi connectivity index (χ1) is 12.4. The Morgan fingerprint density at radius 3 is 1.44 bits per heavy atom. The van der Waals surface area contributed by atoms with Crippen LogP contribution in [-0.2, 0) is 10.1 Å². The van der Waals surface area contributed by atoms with E-state index < -0.39 is 10.1 Å². The van der Waals surface area contributed by atoms with Gasteiger partial charge in [0.05, 0.1) is 4.90 Å². The van der Waals surface area contributed by atoms with E-state index in [4.69, 9.17) is 9.66 Å². The van der Waals surface area contributed by atoms with Crippen LogP contribution in [0, 0.1) is 6.92 Å². The van der Waals surface area contributed by atoms with Gasteiger partial charge in [0.15, 0.2) is 0 Å². The zero-order valence-electron chi connectivity index (χ0n) is 17.1. The van der Waals surface area contributed by atoms with Crippen molar-refractivity contribution in [2.24, 2.45) is 0 Å². The lowest BCUT2D eigenvalue weighted by molar-refractivity contribution is 0.282. The van der Waals surface area contributed by atoms with E-state index in [2.05, 4.69) is 6.92 Å². The van der Waals surface area contributed by atoms with Gasteiger partial charge in [-0.25, -0.2) is 0 Å². The smallest absolute Gasteiger partial charge is 0.294 e. The fraction of sp³-hybridized carbons (Fsp3) is 0.714. The number of rotatable bonds is 13. The number of unbranched alkanes of at least 4 members (excludes halogenated alkanes) is 11. The Morgan fingerprint density at radius 1 is 0.741 bits per heavy atom. The average molecular weight is 405 g/mol. The number of aryl methyl sites for hydroxylation is 1. The molecule has 1 rings (SSSR count). The maximum atomic E-state index is 10.5. The van der Waals surface area contributed by atoms with Gasteiger partial charge in [-0.1, -0.05) is 95.2 Å². The standard InChI is InChI=1S/C14H30O.C7H8O3S.H2O/c1-2-3-4-5-6-7-8-9-10-11-12-13-14-15;1-6-2-4-7(5-3-6)11(8,9)10;/h15H,2-14H2,1H3;2-5H,1H3,(H,8,9,10);1H2. The topological polar surface area (TPSA) is 106 Å². The van der Waals surface area contributed by atoms with Gasteiger partial charge in [0.1, 0.15) is 0 Å². The van der Waals surface area contributed by atoms with Gasteiger partial charge in [-0.15, -0.1) is 0 Å². The summed E-state index contributed by atoms with van der Waals surface area (Å²) in [6, 6.07) is 5.99. The molecule has 0 atom stereocenters. The van der Waals surface area contributed by atoms with Crippen LogP contribution in [-0.4, -0.2) is 30.2 Å². The molecule has 27 heavy (non-hydrogen) atoms. The molecule has 0 heterocycles. The third-order valence-corrected chi connectivity index (χ3v) is 5.20. The molecule has 0 aliphatic carbocycles. The molecule has 0 spiro atoms. The molecule has 0 bridgehead atoms. The Labute approximate surface area is 166 Å². The van der Waals surface area contributed by atoms with Crippen LogP contribution in [0.2, 0.25) is 0 Å². The van der Waals surface area contributed by atoms with Gasteiger partial charge in [-0.3, -0.25) is 4.55 Å². The molecule has 160 valence electrons. The van der Waals surface area contributed by atoms with E-state index >= 15 is 0 Å². The molecule has 0 aromatic heterocycles. The predicted octanol–water partition coefficient (Wildman–Crippen LogP) is 5.10. The minimum atomic E-state index is -4.02. The third kappa shape index (κ3) is 18.2. The summed E-state index contributed by atoms with van der Waals surface area (Å²) in [5.41, 5.74) is 0.956. The first-order valence-corrected chi connectivity index (χ1v) is 11.5. The summed E-state index contributed by atoms with van der Waals surface area (Å²) in [7, 11) is -4.02. The number of aliphatic hydroxyl groups excluding tert-OH is 1. The molecule has 0 saturated heterocycles. The van der Waals surface area contributed by atoms with Crippen molar-refractivity contribution in [1.29, 1.82) is 0 Å². The van der Waals surface area contributed by atoms with Crippen LogP contribution in [0.5, 0.6) is 0 Å². The van der Waals surface area contributed by atoms with Crippen LogP contribution in [0.1, 0.15) is 89.5 Å². The second-order valence-corrected chi connectivity index (χ2v) is 8.32. The Balaban J connectivity index is 0. The van der Waals surface area contributed by atoms with Gasteiger partial charge >= 0.3 is 0 Å². The number of hydrogen-bond acceptors (Lipinski definition) is 3. The Bertz CT molecular complexity index is 514. The van der Waals surface area contributed by atoms with E-state index in [1.807, 2.05) is 6.92 Å². The van der Waals surface area contributed by atoms with Crippen LogP contribution in [0.25, 0.3) is 0 Å². The Hall–Kier alpha value is -0.950. The van der Waals surface area contributed by atoms with Crippen molar-refractivity contribution in [3.63, 3.8) is 0 Å². The van der Waals surface area contributed by atoms with Gasteiger partial charge in [0.2, 0.25) is 0 Å². The van der Waals surface area contributed by atoms with Gasteiger partial charge in [0, 0.05) is 6.61 Å². The molecule has 0 fully saturated rings. The quantitative estimate of drug-likeness (QED) is 0.352. The molecular formula is C21H40O5S. The lowest BCUT2D eigenvalue weighted by atomic mass is 10.1. The zero-order valence-corrected chi connectivity index (χ0v) is 17.9. The molecule has 0 unspecified atom stereocenters. The summed E-state index contributed by atoms with van der Waals surface area (Å²) in [6.45, 7) is 4.48. The molecule has 1 aromatic rings. The summed E-state index contributed by atoms with van der Waals surface area (Å²) in [4.78, 5) is -0.0666. The van der Waals surface area contributed by atoms with E-state index in [-0.39, 0.29) is 10.4 Å². The molecular weight excluding hydrogens is 364 g/mol. The second kappa shape index (κ2) is 18.4.